The van der Waals surface area contributed by atoms with E-state index in [-0.39, 0.29) is 0 Å². The number of morpholine rings is 1. The second-order valence-corrected chi connectivity index (χ2v) is 6.25. The lowest BCUT2D eigenvalue weighted by atomic mass is 10.1. The monoisotopic (exact) mass is 279 g/mol. The Morgan fingerprint density at radius 2 is 2.35 bits per heavy atom. The van der Waals surface area contributed by atoms with E-state index >= 15 is 0 Å². The predicted octanol–water partition coefficient (Wildman–Crippen LogP) is 2.18. The SMILES string of the molecule is CC(C)CNCc1coc(N2CCOC3CCCC32)n1. The number of ether oxygens (including phenoxy) is 1. The van der Waals surface area contributed by atoms with E-state index in [1.165, 1.54) is 19.3 Å². The van der Waals surface area contributed by atoms with E-state index in [0.717, 1.165) is 37.9 Å². The smallest absolute Gasteiger partial charge is 0.297 e. The molecule has 0 radical (unpaired) electrons. The van der Waals surface area contributed by atoms with Gasteiger partial charge in [-0.25, -0.2) is 0 Å². The minimum absolute atomic E-state index is 0.373. The van der Waals surface area contributed by atoms with Gasteiger partial charge in [0, 0.05) is 13.1 Å². The molecule has 1 aromatic heterocycles. The molecule has 2 aliphatic rings. The number of nitrogens with zero attached hydrogens (tertiary/aromatic N) is 2. The number of hydrogen-bond acceptors (Lipinski definition) is 5. The molecule has 0 aromatic carbocycles. The van der Waals surface area contributed by atoms with Crippen LogP contribution in [-0.4, -0.2) is 36.8 Å². The molecule has 0 bridgehead atoms. The Morgan fingerprint density at radius 1 is 1.45 bits per heavy atom. The molecule has 5 heteroatoms. The summed E-state index contributed by atoms with van der Waals surface area (Å²) in [6.07, 6.45) is 5.76. The van der Waals surface area contributed by atoms with Gasteiger partial charge in [0.15, 0.2) is 0 Å². The third kappa shape index (κ3) is 2.99. The van der Waals surface area contributed by atoms with Crippen LogP contribution in [0.1, 0.15) is 38.8 Å². The summed E-state index contributed by atoms with van der Waals surface area (Å²) in [7, 11) is 0. The normalized spacial score (nSPS) is 26.2. The molecular formula is C15H25N3O2. The summed E-state index contributed by atoms with van der Waals surface area (Å²) < 4.78 is 11.5. The van der Waals surface area contributed by atoms with Crippen LogP contribution in [-0.2, 0) is 11.3 Å². The van der Waals surface area contributed by atoms with Crippen molar-refractivity contribution in [1.82, 2.24) is 10.3 Å². The Labute approximate surface area is 120 Å². The van der Waals surface area contributed by atoms with Crippen molar-refractivity contribution in [2.75, 3.05) is 24.6 Å². The second-order valence-electron chi connectivity index (χ2n) is 6.25. The summed E-state index contributed by atoms with van der Waals surface area (Å²) in [5, 5.41) is 3.40. The highest BCUT2D eigenvalue weighted by Gasteiger charge is 2.37. The third-order valence-electron chi connectivity index (χ3n) is 4.13. The molecule has 2 unspecified atom stereocenters. The summed E-state index contributed by atoms with van der Waals surface area (Å²) >= 11 is 0. The highest BCUT2D eigenvalue weighted by Crippen LogP contribution is 2.32. The van der Waals surface area contributed by atoms with Gasteiger partial charge in [-0.05, 0) is 31.7 Å². The van der Waals surface area contributed by atoms with Gasteiger partial charge in [0.1, 0.15) is 6.26 Å². The molecule has 3 rings (SSSR count). The number of nitrogens with one attached hydrogen (secondary N) is 1. The lowest BCUT2D eigenvalue weighted by Gasteiger charge is -2.36. The Kier molecular flexibility index (Phi) is 4.27. The van der Waals surface area contributed by atoms with E-state index in [0.29, 0.717) is 18.1 Å². The van der Waals surface area contributed by atoms with Crippen molar-refractivity contribution >= 4 is 6.01 Å². The van der Waals surface area contributed by atoms with Crippen LogP contribution in [0.2, 0.25) is 0 Å². The predicted molar refractivity (Wildman–Crippen MR) is 77.8 cm³/mol. The first kappa shape index (κ1) is 13.9. The lowest BCUT2D eigenvalue weighted by Crippen LogP contribution is -2.48. The molecule has 1 saturated heterocycles. The highest BCUT2D eigenvalue weighted by molar-refractivity contribution is 5.31. The van der Waals surface area contributed by atoms with Crippen LogP contribution in [0.5, 0.6) is 0 Å². The van der Waals surface area contributed by atoms with Crippen LogP contribution < -0.4 is 10.2 Å². The van der Waals surface area contributed by atoms with Crippen molar-refractivity contribution < 1.29 is 9.15 Å². The van der Waals surface area contributed by atoms with Gasteiger partial charge < -0.3 is 19.4 Å². The van der Waals surface area contributed by atoms with Crippen LogP contribution in [0.4, 0.5) is 6.01 Å². The van der Waals surface area contributed by atoms with Gasteiger partial charge in [0.25, 0.3) is 6.01 Å². The van der Waals surface area contributed by atoms with E-state index in [2.05, 4.69) is 29.0 Å². The van der Waals surface area contributed by atoms with Gasteiger partial charge in [-0.1, -0.05) is 13.8 Å². The molecule has 2 fully saturated rings. The molecule has 1 aliphatic carbocycles. The molecule has 1 aromatic rings. The van der Waals surface area contributed by atoms with Crippen LogP contribution in [0.15, 0.2) is 10.7 Å². The third-order valence-corrected chi connectivity index (χ3v) is 4.13. The van der Waals surface area contributed by atoms with E-state index in [4.69, 9.17) is 9.15 Å². The number of anilines is 1. The average Bonchev–Trinajstić information content (AvgIpc) is 3.06. The zero-order chi connectivity index (χ0) is 13.9. The summed E-state index contributed by atoms with van der Waals surface area (Å²) in [4.78, 5) is 6.93. The topological polar surface area (TPSA) is 50.5 Å². The van der Waals surface area contributed by atoms with Crippen LogP contribution in [0.25, 0.3) is 0 Å². The fourth-order valence-corrected chi connectivity index (χ4v) is 3.16. The molecule has 20 heavy (non-hydrogen) atoms. The fourth-order valence-electron chi connectivity index (χ4n) is 3.16. The Balaban J connectivity index is 1.61. The van der Waals surface area contributed by atoms with Crippen LogP contribution in [0, 0.1) is 5.92 Å². The summed E-state index contributed by atoms with van der Waals surface area (Å²) in [6.45, 7) is 7.86. The molecule has 0 spiro atoms. The van der Waals surface area contributed by atoms with Crippen molar-refractivity contribution in [3.05, 3.63) is 12.0 Å². The Bertz CT molecular complexity index is 433. The number of fused-ring (bicyclic) bond motifs is 1. The maximum Gasteiger partial charge on any atom is 0.297 e. The molecular weight excluding hydrogens is 254 g/mol. The minimum atomic E-state index is 0.373. The molecule has 2 atom stereocenters. The molecule has 1 N–H and O–H groups in total. The van der Waals surface area contributed by atoms with Crippen LogP contribution in [0.3, 0.4) is 0 Å². The first-order chi connectivity index (χ1) is 9.74. The summed E-state index contributed by atoms with van der Waals surface area (Å²) in [5.41, 5.74) is 0.988. The highest BCUT2D eigenvalue weighted by atomic mass is 16.5. The van der Waals surface area contributed by atoms with E-state index < -0.39 is 0 Å². The standard InChI is InChI=1S/C15H25N3O2/c1-11(2)8-16-9-12-10-20-15(17-12)18-6-7-19-14-5-3-4-13(14)18/h10-11,13-14,16H,3-9H2,1-2H3. The van der Waals surface area contributed by atoms with Gasteiger partial charge in [0.2, 0.25) is 0 Å². The zero-order valence-corrected chi connectivity index (χ0v) is 12.5. The van der Waals surface area contributed by atoms with Crippen LogP contribution >= 0.6 is 0 Å². The molecule has 112 valence electrons. The summed E-state index contributed by atoms with van der Waals surface area (Å²) in [6, 6.07) is 1.23. The summed E-state index contributed by atoms with van der Waals surface area (Å²) in [5.74, 6) is 0.653. The maximum atomic E-state index is 5.83. The number of oxazole rings is 1. The Morgan fingerprint density at radius 3 is 3.20 bits per heavy atom. The molecule has 1 aliphatic heterocycles. The first-order valence-corrected chi connectivity index (χ1v) is 7.77. The number of aromatic nitrogens is 1. The lowest BCUT2D eigenvalue weighted by molar-refractivity contribution is 0.0236. The molecule has 1 saturated carbocycles. The van der Waals surface area contributed by atoms with Gasteiger partial charge in [-0.2, -0.15) is 4.98 Å². The van der Waals surface area contributed by atoms with Gasteiger partial charge in [-0.15, -0.1) is 0 Å². The molecule has 2 heterocycles. The number of rotatable bonds is 5. The quantitative estimate of drug-likeness (QED) is 0.895. The van der Waals surface area contributed by atoms with Crippen molar-refractivity contribution in [2.45, 2.75) is 51.8 Å². The molecule has 5 nitrogen and oxygen atoms in total. The van der Waals surface area contributed by atoms with Crippen molar-refractivity contribution in [3.8, 4) is 0 Å². The largest absolute Gasteiger partial charge is 0.432 e. The second kappa shape index (κ2) is 6.14. The average molecular weight is 279 g/mol. The van der Waals surface area contributed by atoms with Crippen molar-refractivity contribution in [1.29, 1.82) is 0 Å². The number of hydrogen-bond donors (Lipinski definition) is 1. The van der Waals surface area contributed by atoms with E-state index in [1.807, 2.05) is 0 Å². The minimum Gasteiger partial charge on any atom is -0.432 e. The van der Waals surface area contributed by atoms with E-state index in [1.54, 1.807) is 6.26 Å². The fraction of sp³-hybridized carbons (Fsp3) is 0.800. The van der Waals surface area contributed by atoms with Gasteiger partial charge in [-0.3, -0.25) is 0 Å². The maximum absolute atomic E-state index is 5.83. The zero-order valence-electron chi connectivity index (χ0n) is 12.5. The van der Waals surface area contributed by atoms with Gasteiger partial charge in [0.05, 0.1) is 24.4 Å². The van der Waals surface area contributed by atoms with Gasteiger partial charge >= 0.3 is 0 Å². The van der Waals surface area contributed by atoms with E-state index in [9.17, 15) is 0 Å². The first-order valence-electron chi connectivity index (χ1n) is 7.77. The Hall–Kier alpha value is -1.07. The van der Waals surface area contributed by atoms with Crippen molar-refractivity contribution in [2.24, 2.45) is 5.92 Å². The van der Waals surface area contributed by atoms with Crippen molar-refractivity contribution in [3.63, 3.8) is 0 Å². The molecule has 0 amide bonds.